The Hall–Kier alpha value is -4.69. The van der Waals surface area contributed by atoms with Crippen molar-refractivity contribution in [1.29, 1.82) is 0 Å². The van der Waals surface area contributed by atoms with Crippen molar-refractivity contribution in [3.05, 3.63) is 125 Å². The van der Waals surface area contributed by atoms with Gasteiger partial charge in [0.15, 0.2) is 4.80 Å². The van der Waals surface area contributed by atoms with E-state index in [1.807, 2.05) is 42.5 Å². The molecule has 0 N–H and O–H groups in total. The second kappa shape index (κ2) is 11.4. The molecule has 0 spiro atoms. The Labute approximate surface area is 260 Å². The number of carbonyl (C=O) groups is 1. The number of hydrogen-bond acceptors (Lipinski definition) is 6. The molecule has 3 aromatic carbocycles. The number of benzene rings is 3. The van der Waals surface area contributed by atoms with Gasteiger partial charge in [0.05, 0.1) is 29.5 Å². The Balaban J connectivity index is 1.61. The summed E-state index contributed by atoms with van der Waals surface area (Å²) in [5.74, 6) is 0.0804. The van der Waals surface area contributed by atoms with Crippen LogP contribution in [0.1, 0.15) is 53.5 Å². The number of thiazole rings is 1. The minimum atomic E-state index is -0.781. The van der Waals surface area contributed by atoms with E-state index in [9.17, 15) is 9.59 Å². The summed E-state index contributed by atoms with van der Waals surface area (Å²) in [6.07, 6.45) is 1.94. The van der Waals surface area contributed by atoms with Crippen LogP contribution in [0.2, 0.25) is 0 Å². The molecule has 0 aliphatic carbocycles. The molecule has 0 fully saturated rings. The maximum Gasteiger partial charge on any atom is 0.338 e. The number of methoxy groups -OCH3 is 1. The van der Waals surface area contributed by atoms with E-state index in [2.05, 4.69) is 56.5 Å². The van der Waals surface area contributed by atoms with E-state index in [1.54, 1.807) is 25.5 Å². The summed E-state index contributed by atoms with van der Waals surface area (Å²) in [4.78, 5) is 33.2. The van der Waals surface area contributed by atoms with Gasteiger partial charge in [-0.2, -0.15) is 0 Å². The maximum atomic E-state index is 14.4. The highest BCUT2D eigenvalue weighted by molar-refractivity contribution is 7.07. The molecule has 0 amide bonds. The van der Waals surface area contributed by atoms with Gasteiger partial charge in [0, 0.05) is 22.6 Å². The fraction of sp³-hybridized carbons (Fsp3) is 0.250. The molecule has 0 unspecified atom stereocenters. The Morgan fingerprint density at radius 1 is 1.00 bits per heavy atom. The van der Waals surface area contributed by atoms with E-state index in [0.717, 1.165) is 39.0 Å². The second-order valence-electron chi connectivity index (χ2n) is 11.2. The van der Waals surface area contributed by atoms with E-state index < -0.39 is 12.0 Å². The van der Waals surface area contributed by atoms with E-state index in [0.29, 0.717) is 26.4 Å². The van der Waals surface area contributed by atoms with Gasteiger partial charge in [-0.25, -0.2) is 9.79 Å². The van der Waals surface area contributed by atoms with Crippen LogP contribution in [0.3, 0.4) is 0 Å². The Morgan fingerprint density at radius 3 is 2.43 bits per heavy atom. The first-order valence-electron chi connectivity index (χ1n) is 14.7. The first-order valence-corrected chi connectivity index (χ1v) is 15.5. The summed E-state index contributed by atoms with van der Waals surface area (Å²) in [6, 6.07) is 19.6. The summed E-state index contributed by atoms with van der Waals surface area (Å²) in [5.41, 5.74) is 7.89. The molecule has 2 aromatic heterocycles. The van der Waals surface area contributed by atoms with Gasteiger partial charge in [0.25, 0.3) is 5.56 Å². The predicted molar refractivity (Wildman–Crippen MR) is 176 cm³/mol. The average Bonchev–Trinajstić information content (AvgIpc) is 3.44. The molecular weight excluding hydrogens is 570 g/mol. The fourth-order valence-electron chi connectivity index (χ4n) is 6.35. The van der Waals surface area contributed by atoms with Crippen LogP contribution in [-0.4, -0.2) is 28.8 Å². The highest BCUT2D eigenvalue weighted by Crippen LogP contribution is 2.40. The lowest BCUT2D eigenvalue weighted by Gasteiger charge is -2.27. The lowest BCUT2D eigenvalue weighted by atomic mass is 9.90. The number of esters is 1. The number of ether oxygens (including phenoxy) is 2. The summed E-state index contributed by atoms with van der Waals surface area (Å²) >= 11 is 1.32. The van der Waals surface area contributed by atoms with E-state index in [4.69, 9.17) is 14.5 Å². The largest absolute Gasteiger partial charge is 0.496 e. The normalized spacial score (nSPS) is 15.0. The molecule has 8 heteroatoms. The van der Waals surface area contributed by atoms with E-state index in [1.165, 1.54) is 22.5 Å². The molecule has 44 heavy (non-hydrogen) atoms. The number of carbonyl (C=O) groups excluding carboxylic acids is 1. The number of rotatable bonds is 6. The standard InChI is InChI=1S/C36H35N3O4S/c1-8-43-35(41)31-23(5)37-36-39(33(31)32-28-12-10-9-11-25(28)13-14-29(32)42-7)34(40)30(44-36)19-26-18-22(4)38(24(26)6)27-16-20(2)15-21(3)17-27/h9-19,33H,8H2,1-7H3/b30-19+/t33-/m0/s1. The van der Waals surface area contributed by atoms with Crippen molar-refractivity contribution in [2.75, 3.05) is 13.7 Å². The Morgan fingerprint density at radius 2 is 1.73 bits per heavy atom. The number of allylic oxidation sites excluding steroid dienone is 1. The van der Waals surface area contributed by atoms with Gasteiger partial charge in [-0.3, -0.25) is 9.36 Å². The molecule has 0 radical (unpaired) electrons. The predicted octanol–water partition coefficient (Wildman–Crippen LogP) is 5.98. The van der Waals surface area contributed by atoms with Gasteiger partial charge in [-0.1, -0.05) is 47.7 Å². The van der Waals surface area contributed by atoms with Crippen LogP contribution in [0.5, 0.6) is 5.75 Å². The third-order valence-electron chi connectivity index (χ3n) is 8.16. The highest BCUT2D eigenvalue weighted by atomic mass is 32.1. The molecule has 0 bridgehead atoms. The lowest BCUT2D eigenvalue weighted by molar-refractivity contribution is -0.139. The monoisotopic (exact) mass is 605 g/mol. The summed E-state index contributed by atoms with van der Waals surface area (Å²) in [5, 5.41) is 1.86. The first kappa shape index (κ1) is 29.4. The number of aryl methyl sites for hydroxylation is 3. The minimum Gasteiger partial charge on any atom is -0.496 e. The van der Waals surface area contributed by atoms with Crippen molar-refractivity contribution >= 4 is 34.2 Å². The fourth-order valence-corrected chi connectivity index (χ4v) is 7.39. The van der Waals surface area contributed by atoms with Crippen molar-refractivity contribution < 1.29 is 14.3 Å². The third-order valence-corrected chi connectivity index (χ3v) is 9.15. The summed E-state index contributed by atoms with van der Waals surface area (Å²) in [6.45, 7) is 12.1. The molecule has 1 aliphatic rings. The smallest absolute Gasteiger partial charge is 0.338 e. The van der Waals surface area contributed by atoms with Crippen molar-refractivity contribution in [2.24, 2.45) is 4.99 Å². The zero-order chi connectivity index (χ0) is 31.3. The van der Waals surface area contributed by atoms with Crippen LogP contribution in [0.25, 0.3) is 22.5 Å². The number of nitrogens with zero attached hydrogens (tertiary/aromatic N) is 3. The van der Waals surface area contributed by atoms with Crippen molar-refractivity contribution in [3.8, 4) is 11.4 Å². The molecular formula is C36H35N3O4S. The number of fused-ring (bicyclic) bond motifs is 2. The average molecular weight is 606 g/mol. The van der Waals surface area contributed by atoms with Gasteiger partial charge >= 0.3 is 5.97 Å². The van der Waals surface area contributed by atoms with Crippen molar-refractivity contribution in [2.45, 2.75) is 47.6 Å². The molecule has 7 nitrogen and oxygen atoms in total. The molecule has 0 saturated heterocycles. The number of aromatic nitrogens is 2. The molecule has 5 aromatic rings. The zero-order valence-electron chi connectivity index (χ0n) is 26.0. The Bertz CT molecular complexity index is 2160. The topological polar surface area (TPSA) is 74.8 Å². The lowest BCUT2D eigenvalue weighted by Crippen LogP contribution is -2.40. The van der Waals surface area contributed by atoms with Crippen molar-refractivity contribution in [1.82, 2.24) is 9.13 Å². The van der Waals surface area contributed by atoms with Crippen LogP contribution in [0.15, 0.2) is 81.7 Å². The van der Waals surface area contributed by atoms with Gasteiger partial charge in [0.2, 0.25) is 0 Å². The quantitative estimate of drug-likeness (QED) is 0.223. The maximum absolute atomic E-state index is 14.4. The second-order valence-corrected chi connectivity index (χ2v) is 12.2. The van der Waals surface area contributed by atoms with Crippen molar-refractivity contribution in [3.63, 3.8) is 0 Å². The van der Waals surface area contributed by atoms with Gasteiger partial charge < -0.3 is 14.0 Å². The molecule has 0 saturated carbocycles. The van der Waals surface area contributed by atoms with Crippen LogP contribution in [-0.2, 0) is 9.53 Å². The van der Waals surface area contributed by atoms with Gasteiger partial charge in [-0.15, -0.1) is 0 Å². The van der Waals surface area contributed by atoms with E-state index in [-0.39, 0.29) is 12.2 Å². The van der Waals surface area contributed by atoms with Gasteiger partial charge in [-0.05, 0) is 99.3 Å². The summed E-state index contributed by atoms with van der Waals surface area (Å²) in [7, 11) is 1.60. The zero-order valence-corrected chi connectivity index (χ0v) is 26.8. The molecule has 1 aliphatic heterocycles. The van der Waals surface area contributed by atoms with Crippen LogP contribution < -0.4 is 19.6 Å². The number of hydrogen-bond donors (Lipinski definition) is 0. The molecule has 3 heterocycles. The van der Waals surface area contributed by atoms with Crippen LogP contribution >= 0.6 is 11.3 Å². The molecule has 6 rings (SSSR count). The third kappa shape index (κ3) is 4.89. The van der Waals surface area contributed by atoms with Crippen LogP contribution in [0, 0.1) is 27.7 Å². The highest BCUT2D eigenvalue weighted by Gasteiger charge is 2.36. The summed E-state index contributed by atoms with van der Waals surface area (Å²) < 4.78 is 15.7. The molecule has 1 atom stereocenters. The van der Waals surface area contributed by atoms with E-state index >= 15 is 0 Å². The van der Waals surface area contributed by atoms with Crippen LogP contribution in [0.4, 0.5) is 0 Å². The molecule has 224 valence electrons. The SMILES string of the molecule is CCOC(=O)C1=C(C)N=c2s/c(=C/c3cc(C)n(-c4cc(C)cc(C)c4)c3C)c(=O)n2[C@@H]1c1c(OC)ccc2ccccc12. The Kier molecular flexibility index (Phi) is 7.63. The minimum absolute atomic E-state index is 0.204. The van der Waals surface area contributed by atoms with Gasteiger partial charge in [0.1, 0.15) is 11.8 Å². The first-order chi connectivity index (χ1) is 21.1.